The van der Waals surface area contributed by atoms with Gasteiger partial charge >= 0.3 is 0 Å². The summed E-state index contributed by atoms with van der Waals surface area (Å²) in [4.78, 5) is 27.3. The number of ketones is 1. The maximum absolute atomic E-state index is 13.0. The number of methoxy groups -OCH3 is 1. The second-order valence-electron chi connectivity index (χ2n) is 7.44. The van der Waals surface area contributed by atoms with Gasteiger partial charge in [-0.2, -0.15) is 0 Å². The van der Waals surface area contributed by atoms with Gasteiger partial charge in [0.2, 0.25) is 0 Å². The average molecular weight is 499 g/mol. The van der Waals surface area contributed by atoms with Crippen LogP contribution in [0.25, 0.3) is 5.76 Å². The molecule has 9 heteroatoms. The molecule has 32 heavy (non-hydrogen) atoms. The number of carbonyl (C=O) groups is 2. The van der Waals surface area contributed by atoms with Gasteiger partial charge in [0.15, 0.2) is 5.75 Å². The minimum absolute atomic E-state index is 0.0376. The first-order valence-corrected chi connectivity index (χ1v) is 11.0. The molecule has 0 radical (unpaired) electrons. The minimum atomic E-state index is -0.831. The fraction of sp³-hybridized carbons (Fsp3) is 0.304. The molecule has 1 N–H and O–H groups in total. The van der Waals surface area contributed by atoms with Crippen LogP contribution >= 0.6 is 34.8 Å². The van der Waals surface area contributed by atoms with E-state index in [0.29, 0.717) is 10.6 Å². The van der Waals surface area contributed by atoms with E-state index < -0.39 is 17.7 Å². The van der Waals surface area contributed by atoms with Gasteiger partial charge in [-0.1, -0.05) is 46.9 Å². The maximum atomic E-state index is 13.0. The Morgan fingerprint density at radius 1 is 1.09 bits per heavy atom. The van der Waals surface area contributed by atoms with Crippen LogP contribution in [-0.2, 0) is 14.3 Å². The highest BCUT2D eigenvalue weighted by atomic mass is 35.5. The fourth-order valence-electron chi connectivity index (χ4n) is 3.54. The summed E-state index contributed by atoms with van der Waals surface area (Å²) < 4.78 is 10.7. The van der Waals surface area contributed by atoms with Crippen molar-refractivity contribution >= 4 is 52.3 Å². The first-order valence-electron chi connectivity index (χ1n) is 9.84. The van der Waals surface area contributed by atoms with Gasteiger partial charge in [-0.3, -0.25) is 9.59 Å². The normalized spacial score (nSPS) is 18.0. The molecule has 2 aromatic carbocycles. The first kappa shape index (κ1) is 24.4. The summed E-state index contributed by atoms with van der Waals surface area (Å²) >= 11 is 18.4. The second kappa shape index (κ2) is 10.1. The lowest BCUT2D eigenvalue weighted by atomic mass is 9.95. The zero-order valence-corrected chi connectivity index (χ0v) is 20.0. The van der Waals surface area contributed by atoms with Crippen molar-refractivity contribution in [3.8, 4) is 5.75 Å². The molecular formula is C23H22Cl3NO5. The molecule has 0 spiro atoms. The molecule has 1 unspecified atom stereocenters. The molecule has 3 rings (SSSR count). The van der Waals surface area contributed by atoms with Crippen LogP contribution in [0.4, 0.5) is 0 Å². The summed E-state index contributed by atoms with van der Waals surface area (Å²) in [5.74, 6) is -1.69. The van der Waals surface area contributed by atoms with E-state index in [4.69, 9.17) is 44.3 Å². The number of aliphatic hydroxyl groups is 1. The zero-order chi connectivity index (χ0) is 23.6. The van der Waals surface area contributed by atoms with Gasteiger partial charge in [0, 0.05) is 17.1 Å². The summed E-state index contributed by atoms with van der Waals surface area (Å²) in [7, 11) is 1.41. The maximum Gasteiger partial charge on any atom is 0.295 e. The van der Waals surface area contributed by atoms with E-state index in [0.717, 1.165) is 0 Å². The summed E-state index contributed by atoms with van der Waals surface area (Å²) in [5.41, 5.74) is 0.737. The Morgan fingerprint density at radius 3 is 2.22 bits per heavy atom. The lowest BCUT2D eigenvalue weighted by Crippen LogP contribution is -2.33. The third kappa shape index (κ3) is 4.89. The molecule has 1 aliphatic rings. The number of rotatable bonds is 7. The third-order valence-electron chi connectivity index (χ3n) is 4.98. The van der Waals surface area contributed by atoms with Crippen molar-refractivity contribution in [2.24, 2.45) is 0 Å². The van der Waals surface area contributed by atoms with Crippen LogP contribution in [0.15, 0.2) is 42.0 Å². The molecule has 1 fully saturated rings. The molecule has 0 aliphatic carbocycles. The van der Waals surface area contributed by atoms with Crippen molar-refractivity contribution in [3.05, 3.63) is 68.2 Å². The van der Waals surface area contributed by atoms with Gasteiger partial charge in [0.25, 0.3) is 11.7 Å². The Labute approximate surface area is 201 Å². The van der Waals surface area contributed by atoms with E-state index in [1.807, 2.05) is 13.8 Å². The molecule has 6 nitrogen and oxygen atoms in total. The van der Waals surface area contributed by atoms with Gasteiger partial charge in [-0.25, -0.2) is 0 Å². The van der Waals surface area contributed by atoms with Crippen molar-refractivity contribution in [1.82, 2.24) is 4.90 Å². The molecule has 170 valence electrons. The van der Waals surface area contributed by atoms with Crippen molar-refractivity contribution in [1.29, 1.82) is 0 Å². The van der Waals surface area contributed by atoms with E-state index in [-0.39, 0.29) is 51.9 Å². The zero-order valence-electron chi connectivity index (χ0n) is 17.7. The number of benzene rings is 2. The van der Waals surface area contributed by atoms with E-state index in [1.165, 1.54) is 24.1 Å². The Bertz CT molecular complexity index is 1040. The Balaban J connectivity index is 2.13. The number of amides is 1. The van der Waals surface area contributed by atoms with Gasteiger partial charge in [0.1, 0.15) is 5.76 Å². The number of hydrogen-bond donors (Lipinski definition) is 1. The Kier molecular flexibility index (Phi) is 7.72. The monoisotopic (exact) mass is 497 g/mol. The number of halogens is 3. The molecule has 1 aliphatic heterocycles. The van der Waals surface area contributed by atoms with Gasteiger partial charge < -0.3 is 19.5 Å². The number of likely N-dealkylation sites (tertiary alicyclic amines) is 1. The smallest absolute Gasteiger partial charge is 0.295 e. The van der Waals surface area contributed by atoms with Crippen molar-refractivity contribution < 1.29 is 24.2 Å². The number of aliphatic hydroxyl groups excluding tert-OH is 1. The number of ether oxygens (including phenoxy) is 2. The van der Waals surface area contributed by atoms with Gasteiger partial charge in [0.05, 0.1) is 41.5 Å². The summed E-state index contributed by atoms with van der Waals surface area (Å²) in [6.07, 6.45) is -0.0376. The standard InChI is InChI=1S/C23H22Cl3NO5/c1-12(2)32-9-8-27-19(13-4-6-15(24)7-5-13)18(21(29)23(27)30)20(28)14-10-16(25)22(31-3)17(26)11-14/h4-7,10-12,19,28H,8-9H2,1-3H3/b20-18+. The van der Waals surface area contributed by atoms with Crippen molar-refractivity contribution in [2.75, 3.05) is 20.3 Å². The average Bonchev–Trinajstić information content (AvgIpc) is 2.98. The Hall–Kier alpha value is -2.25. The first-order chi connectivity index (χ1) is 15.1. The highest BCUT2D eigenvalue weighted by Crippen LogP contribution is 2.42. The molecule has 2 aromatic rings. The molecule has 0 saturated carbocycles. The minimum Gasteiger partial charge on any atom is -0.507 e. The van der Waals surface area contributed by atoms with Gasteiger partial charge in [-0.05, 0) is 43.7 Å². The van der Waals surface area contributed by atoms with Crippen LogP contribution in [0.1, 0.15) is 31.0 Å². The van der Waals surface area contributed by atoms with Crippen LogP contribution in [0, 0.1) is 0 Å². The quantitative estimate of drug-likeness (QED) is 0.310. The molecule has 1 heterocycles. The fourth-order valence-corrected chi connectivity index (χ4v) is 4.30. The molecule has 0 aromatic heterocycles. The van der Waals surface area contributed by atoms with Crippen LogP contribution in [0.3, 0.4) is 0 Å². The predicted octanol–water partition coefficient (Wildman–Crippen LogP) is 5.50. The molecule has 1 saturated heterocycles. The van der Waals surface area contributed by atoms with E-state index in [2.05, 4.69) is 0 Å². The van der Waals surface area contributed by atoms with E-state index >= 15 is 0 Å². The summed E-state index contributed by atoms with van der Waals surface area (Å²) in [6.45, 7) is 4.15. The molecule has 1 atom stereocenters. The molecule has 0 bridgehead atoms. The van der Waals surface area contributed by atoms with Crippen molar-refractivity contribution in [2.45, 2.75) is 26.0 Å². The topological polar surface area (TPSA) is 76.1 Å². The molecule has 1 amide bonds. The number of Topliss-reactive ketones (excluding diaryl/α,β-unsaturated/α-hetero) is 1. The highest BCUT2D eigenvalue weighted by molar-refractivity contribution is 6.46. The van der Waals surface area contributed by atoms with E-state index in [1.54, 1.807) is 24.3 Å². The van der Waals surface area contributed by atoms with Crippen LogP contribution in [0.2, 0.25) is 15.1 Å². The lowest BCUT2D eigenvalue weighted by Gasteiger charge is -2.25. The number of nitrogens with zero attached hydrogens (tertiary/aromatic N) is 1. The number of hydrogen-bond acceptors (Lipinski definition) is 5. The van der Waals surface area contributed by atoms with E-state index in [9.17, 15) is 14.7 Å². The SMILES string of the molecule is COc1c(Cl)cc(/C(O)=C2\C(=O)C(=O)N(CCOC(C)C)C2c2ccc(Cl)cc2)cc1Cl. The Morgan fingerprint density at radius 2 is 1.69 bits per heavy atom. The lowest BCUT2D eigenvalue weighted by molar-refractivity contribution is -0.140. The second-order valence-corrected chi connectivity index (χ2v) is 8.69. The summed E-state index contributed by atoms with van der Waals surface area (Å²) in [5, 5.41) is 11.9. The van der Waals surface area contributed by atoms with Crippen LogP contribution < -0.4 is 4.74 Å². The molecular weight excluding hydrogens is 477 g/mol. The number of carbonyl (C=O) groups excluding carboxylic acids is 2. The van der Waals surface area contributed by atoms with Crippen molar-refractivity contribution in [3.63, 3.8) is 0 Å². The highest BCUT2D eigenvalue weighted by Gasteiger charge is 2.46. The van der Waals surface area contributed by atoms with Gasteiger partial charge in [-0.15, -0.1) is 0 Å². The largest absolute Gasteiger partial charge is 0.507 e. The third-order valence-corrected chi connectivity index (χ3v) is 5.80. The van der Waals surface area contributed by atoms with Crippen LogP contribution in [-0.4, -0.2) is 48.1 Å². The predicted molar refractivity (Wildman–Crippen MR) is 125 cm³/mol. The summed E-state index contributed by atoms with van der Waals surface area (Å²) in [6, 6.07) is 8.74. The van der Waals surface area contributed by atoms with Crippen LogP contribution in [0.5, 0.6) is 5.75 Å².